The molecule has 13 heavy (non-hydrogen) atoms. The molecule has 0 aliphatic rings. The zero-order valence-electron chi connectivity index (χ0n) is 9.20. The number of halogens is 1. The molecule has 3 heteroatoms. The zero-order valence-corrected chi connectivity index (χ0v) is 9.96. The maximum Gasteiger partial charge on any atom is 0.226 e. The second kappa shape index (κ2) is 4.32. The van der Waals surface area contributed by atoms with Gasteiger partial charge in [-0.1, -0.05) is 20.8 Å². The van der Waals surface area contributed by atoms with Crippen molar-refractivity contribution in [3.63, 3.8) is 0 Å². The number of carbonyl (C=O) groups excluding carboxylic acids is 1. The molecule has 0 rings (SSSR count). The number of amides is 1. The third-order valence-corrected chi connectivity index (χ3v) is 2.95. The van der Waals surface area contributed by atoms with Gasteiger partial charge in [0, 0.05) is 16.8 Å². The fourth-order valence-corrected chi connectivity index (χ4v) is 0.737. The number of rotatable bonds is 4. The minimum absolute atomic E-state index is 0.0700. The van der Waals surface area contributed by atoms with E-state index in [0.29, 0.717) is 5.88 Å². The van der Waals surface area contributed by atoms with Gasteiger partial charge in [-0.05, 0) is 20.3 Å². The molecule has 0 saturated carbocycles. The summed E-state index contributed by atoms with van der Waals surface area (Å²) in [5, 5.41) is 2.93. The number of hydrogen-bond donors (Lipinski definition) is 1. The standard InChI is InChI=1S/C10H20ClNO/c1-6-9(2,3)8(13)12-10(4,5)7-11/h6-7H2,1-5H3,(H,12,13). The predicted octanol–water partition coefficient (Wildman–Crippen LogP) is 2.56. The highest BCUT2D eigenvalue weighted by molar-refractivity contribution is 6.18. The minimum Gasteiger partial charge on any atom is -0.350 e. The Kier molecular flexibility index (Phi) is 4.24. The summed E-state index contributed by atoms with van der Waals surface area (Å²) in [4.78, 5) is 11.7. The summed E-state index contributed by atoms with van der Waals surface area (Å²) >= 11 is 5.72. The molecule has 0 aliphatic heterocycles. The van der Waals surface area contributed by atoms with Crippen molar-refractivity contribution in [2.75, 3.05) is 5.88 Å². The van der Waals surface area contributed by atoms with Crippen molar-refractivity contribution >= 4 is 17.5 Å². The van der Waals surface area contributed by atoms with Gasteiger partial charge in [-0.2, -0.15) is 0 Å². The minimum atomic E-state index is -0.314. The summed E-state index contributed by atoms with van der Waals surface area (Å²) in [5.41, 5.74) is -0.617. The first kappa shape index (κ1) is 12.8. The molecule has 0 aromatic rings. The van der Waals surface area contributed by atoms with Crippen LogP contribution in [0, 0.1) is 5.41 Å². The van der Waals surface area contributed by atoms with Gasteiger partial charge in [-0.25, -0.2) is 0 Å². The van der Waals surface area contributed by atoms with Crippen molar-refractivity contribution in [3.8, 4) is 0 Å². The van der Waals surface area contributed by atoms with Crippen molar-refractivity contribution in [1.82, 2.24) is 5.32 Å². The van der Waals surface area contributed by atoms with Gasteiger partial charge < -0.3 is 5.32 Å². The Labute approximate surface area is 86.0 Å². The number of nitrogens with one attached hydrogen (secondary N) is 1. The summed E-state index contributed by atoms with van der Waals surface area (Å²) in [5.74, 6) is 0.499. The van der Waals surface area contributed by atoms with E-state index in [2.05, 4.69) is 5.32 Å². The normalized spacial score (nSPS) is 12.8. The number of alkyl halides is 1. The Morgan fingerprint density at radius 2 is 1.77 bits per heavy atom. The topological polar surface area (TPSA) is 29.1 Å². The van der Waals surface area contributed by atoms with Gasteiger partial charge in [0.15, 0.2) is 0 Å². The predicted molar refractivity (Wildman–Crippen MR) is 57.0 cm³/mol. The van der Waals surface area contributed by atoms with Crippen LogP contribution in [0.25, 0.3) is 0 Å². The molecular weight excluding hydrogens is 186 g/mol. The lowest BCUT2D eigenvalue weighted by Crippen LogP contribution is -2.49. The molecule has 78 valence electrons. The van der Waals surface area contributed by atoms with Crippen molar-refractivity contribution in [2.45, 2.75) is 46.6 Å². The number of carbonyl (C=O) groups is 1. The van der Waals surface area contributed by atoms with E-state index in [0.717, 1.165) is 6.42 Å². The first-order chi connectivity index (χ1) is 5.75. The molecule has 0 atom stereocenters. The van der Waals surface area contributed by atoms with Gasteiger partial charge >= 0.3 is 0 Å². The van der Waals surface area contributed by atoms with E-state index < -0.39 is 0 Å². The van der Waals surface area contributed by atoms with Crippen molar-refractivity contribution in [2.24, 2.45) is 5.41 Å². The zero-order chi connectivity index (χ0) is 10.7. The van der Waals surface area contributed by atoms with Crippen LogP contribution in [-0.2, 0) is 4.79 Å². The first-order valence-corrected chi connectivity index (χ1v) is 5.17. The quantitative estimate of drug-likeness (QED) is 0.703. The third-order valence-electron chi connectivity index (χ3n) is 2.28. The monoisotopic (exact) mass is 205 g/mol. The molecule has 1 N–H and O–H groups in total. The van der Waals surface area contributed by atoms with Crippen molar-refractivity contribution < 1.29 is 4.79 Å². The van der Waals surface area contributed by atoms with Gasteiger partial charge in [-0.15, -0.1) is 11.6 Å². The van der Waals surface area contributed by atoms with E-state index in [9.17, 15) is 4.79 Å². The Hall–Kier alpha value is -0.240. The van der Waals surface area contributed by atoms with Gasteiger partial charge in [-0.3, -0.25) is 4.79 Å². The second-order valence-corrected chi connectivity index (χ2v) is 4.98. The van der Waals surface area contributed by atoms with Gasteiger partial charge in [0.25, 0.3) is 0 Å². The molecule has 0 heterocycles. The molecule has 0 aromatic heterocycles. The molecule has 0 fully saturated rings. The van der Waals surface area contributed by atoms with Crippen molar-refractivity contribution in [1.29, 1.82) is 0 Å². The Morgan fingerprint density at radius 1 is 1.31 bits per heavy atom. The molecule has 0 bridgehead atoms. The fraction of sp³-hybridized carbons (Fsp3) is 0.900. The summed E-state index contributed by atoms with van der Waals surface area (Å²) in [6.45, 7) is 9.72. The maximum absolute atomic E-state index is 11.7. The Morgan fingerprint density at radius 3 is 2.08 bits per heavy atom. The summed E-state index contributed by atoms with van der Waals surface area (Å²) in [6.07, 6.45) is 0.831. The molecule has 0 aromatic carbocycles. The SMILES string of the molecule is CCC(C)(C)C(=O)NC(C)(C)CCl. The van der Waals surface area contributed by atoms with E-state index >= 15 is 0 Å². The lowest BCUT2D eigenvalue weighted by molar-refractivity contribution is -0.130. The van der Waals surface area contributed by atoms with Crippen LogP contribution in [-0.4, -0.2) is 17.3 Å². The van der Waals surface area contributed by atoms with Crippen molar-refractivity contribution in [3.05, 3.63) is 0 Å². The maximum atomic E-state index is 11.7. The Balaban J connectivity index is 4.31. The van der Waals surface area contributed by atoms with Crippen LogP contribution in [0.5, 0.6) is 0 Å². The van der Waals surface area contributed by atoms with Crippen LogP contribution in [0.2, 0.25) is 0 Å². The molecular formula is C10H20ClNO. The summed E-state index contributed by atoms with van der Waals surface area (Å²) in [6, 6.07) is 0. The smallest absolute Gasteiger partial charge is 0.226 e. The van der Waals surface area contributed by atoms with E-state index in [1.807, 2.05) is 34.6 Å². The van der Waals surface area contributed by atoms with Crippen LogP contribution in [0.3, 0.4) is 0 Å². The van der Waals surface area contributed by atoms with Gasteiger partial charge in [0.2, 0.25) is 5.91 Å². The third kappa shape index (κ3) is 3.99. The van der Waals surface area contributed by atoms with E-state index in [1.165, 1.54) is 0 Å². The second-order valence-electron chi connectivity index (χ2n) is 4.71. The van der Waals surface area contributed by atoms with E-state index in [4.69, 9.17) is 11.6 Å². The Bertz CT molecular complexity index is 187. The van der Waals surface area contributed by atoms with Crippen LogP contribution in [0.1, 0.15) is 41.0 Å². The average molecular weight is 206 g/mol. The van der Waals surface area contributed by atoms with Crippen LogP contribution >= 0.6 is 11.6 Å². The van der Waals surface area contributed by atoms with Gasteiger partial charge in [0.05, 0.1) is 0 Å². The summed E-state index contributed by atoms with van der Waals surface area (Å²) in [7, 11) is 0. The molecule has 1 amide bonds. The molecule has 0 radical (unpaired) electrons. The highest BCUT2D eigenvalue weighted by Gasteiger charge is 2.29. The molecule has 0 unspecified atom stereocenters. The lowest BCUT2D eigenvalue weighted by atomic mass is 9.88. The van der Waals surface area contributed by atoms with Gasteiger partial charge in [0.1, 0.15) is 0 Å². The first-order valence-electron chi connectivity index (χ1n) is 4.64. The van der Waals surface area contributed by atoms with Crippen LogP contribution < -0.4 is 5.32 Å². The van der Waals surface area contributed by atoms with E-state index in [1.54, 1.807) is 0 Å². The molecule has 0 saturated heterocycles. The van der Waals surface area contributed by atoms with Crippen LogP contribution in [0.15, 0.2) is 0 Å². The average Bonchev–Trinajstić information content (AvgIpc) is 2.04. The largest absolute Gasteiger partial charge is 0.350 e. The highest BCUT2D eigenvalue weighted by Crippen LogP contribution is 2.21. The molecule has 0 aliphatic carbocycles. The fourth-order valence-electron chi connectivity index (χ4n) is 0.670. The van der Waals surface area contributed by atoms with E-state index in [-0.39, 0.29) is 16.9 Å². The van der Waals surface area contributed by atoms with Crippen LogP contribution in [0.4, 0.5) is 0 Å². The lowest BCUT2D eigenvalue weighted by Gasteiger charge is -2.29. The number of hydrogen-bond acceptors (Lipinski definition) is 1. The molecule has 2 nitrogen and oxygen atoms in total. The molecule has 0 spiro atoms. The highest BCUT2D eigenvalue weighted by atomic mass is 35.5. The summed E-state index contributed by atoms with van der Waals surface area (Å²) < 4.78 is 0.